The van der Waals surface area contributed by atoms with Gasteiger partial charge in [0.15, 0.2) is 0 Å². The van der Waals surface area contributed by atoms with Crippen LogP contribution in [0.3, 0.4) is 0 Å². The number of para-hydroxylation sites is 1. The lowest BCUT2D eigenvalue weighted by molar-refractivity contribution is -0.121. The van der Waals surface area contributed by atoms with Crippen LogP contribution in [0.1, 0.15) is 21.7 Å². The Bertz CT molecular complexity index is 1210. The highest BCUT2D eigenvalue weighted by Gasteiger charge is 2.30. The van der Waals surface area contributed by atoms with Crippen LogP contribution in [0, 0.1) is 6.92 Å². The van der Waals surface area contributed by atoms with E-state index in [-0.39, 0.29) is 11.7 Å². The van der Waals surface area contributed by atoms with Gasteiger partial charge in [-0.2, -0.15) is 0 Å². The lowest BCUT2D eigenvalue weighted by Gasteiger charge is -2.10. The number of carbonyl (C=O) groups is 2. The second kappa shape index (κ2) is 8.30. The van der Waals surface area contributed by atoms with Gasteiger partial charge in [0, 0.05) is 17.5 Å². The van der Waals surface area contributed by atoms with Gasteiger partial charge in [-0.3, -0.25) is 9.69 Å². The SMILES string of the molecule is C=CCN1C(=O)/C(=C\c2ccc(OC(=O)c3oc4ccccc4c3C)cc2)SC1=S. The number of esters is 1. The Kier molecular flexibility index (Phi) is 5.57. The summed E-state index contributed by atoms with van der Waals surface area (Å²) in [6.45, 7) is 5.86. The molecule has 30 heavy (non-hydrogen) atoms. The highest BCUT2D eigenvalue weighted by molar-refractivity contribution is 8.26. The zero-order valence-corrected chi connectivity index (χ0v) is 17.7. The lowest BCUT2D eigenvalue weighted by Crippen LogP contribution is -2.27. The summed E-state index contributed by atoms with van der Waals surface area (Å²) in [6.07, 6.45) is 3.40. The van der Waals surface area contributed by atoms with Gasteiger partial charge in [-0.1, -0.05) is 60.4 Å². The number of carbonyl (C=O) groups excluding carboxylic acids is 2. The molecule has 2 aromatic carbocycles. The summed E-state index contributed by atoms with van der Waals surface area (Å²) in [5.74, 6) is -0.120. The smallest absolute Gasteiger partial charge is 0.379 e. The molecule has 3 aromatic rings. The standard InChI is InChI=1S/C23H17NO4S2/c1-3-12-24-21(25)19(30-23(24)29)13-15-8-10-16(11-9-15)27-22(26)20-14(2)17-6-4-5-7-18(17)28-20/h3-11,13H,1,12H2,2H3/b19-13+. The van der Waals surface area contributed by atoms with Gasteiger partial charge in [0.1, 0.15) is 15.7 Å². The van der Waals surface area contributed by atoms with Crippen molar-refractivity contribution < 1.29 is 18.7 Å². The van der Waals surface area contributed by atoms with E-state index < -0.39 is 5.97 Å². The molecule has 1 fully saturated rings. The van der Waals surface area contributed by atoms with Crippen molar-refractivity contribution in [1.29, 1.82) is 0 Å². The zero-order chi connectivity index (χ0) is 21.3. The van der Waals surface area contributed by atoms with Crippen molar-refractivity contribution in [3.63, 3.8) is 0 Å². The van der Waals surface area contributed by atoms with Crippen molar-refractivity contribution in [2.75, 3.05) is 6.54 Å². The third-order valence-corrected chi connectivity index (χ3v) is 5.98. The number of rotatable bonds is 5. The molecule has 0 N–H and O–H groups in total. The predicted molar refractivity (Wildman–Crippen MR) is 122 cm³/mol. The molecule has 2 heterocycles. The number of thioether (sulfide) groups is 1. The number of hydrogen-bond acceptors (Lipinski definition) is 6. The minimum absolute atomic E-state index is 0.138. The predicted octanol–water partition coefficient (Wildman–Crippen LogP) is 5.35. The van der Waals surface area contributed by atoms with Crippen molar-refractivity contribution in [3.8, 4) is 5.75 Å². The van der Waals surface area contributed by atoms with Crippen molar-refractivity contribution in [2.24, 2.45) is 0 Å². The maximum Gasteiger partial charge on any atom is 0.379 e. The number of aryl methyl sites for hydroxylation is 1. The molecule has 0 saturated carbocycles. The summed E-state index contributed by atoms with van der Waals surface area (Å²) >= 11 is 6.49. The van der Waals surface area contributed by atoms with Crippen molar-refractivity contribution in [3.05, 3.63) is 83.0 Å². The molecule has 1 aromatic heterocycles. The highest BCUT2D eigenvalue weighted by atomic mass is 32.2. The van der Waals surface area contributed by atoms with E-state index >= 15 is 0 Å². The molecule has 0 radical (unpaired) electrons. The van der Waals surface area contributed by atoms with Gasteiger partial charge >= 0.3 is 5.97 Å². The second-order valence-corrected chi connectivity index (χ2v) is 8.27. The van der Waals surface area contributed by atoms with Crippen LogP contribution >= 0.6 is 24.0 Å². The third kappa shape index (κ3) is 3.81. The highest BCUT2D eigenvalue weighted by Crippen LogP contribution is 2.32. The van der Waals surface area contributed by atoms with E-state index in [1.807, 2.05) is 31.2 Å². The second-order valence-electron chi connectivity index (χ2n) is 6.59. The van der Waals surface area contributed by atoms with E-state index in [0.29, 0.717) is 27.1 Å². The molecule has 0 bridgehead atoms. The Morgan fingerprint density at radius 3 is 2.67 bits per heavy atom. The maximum atomic E-state index is 12.5. The van der Waals surface area contributed by atoms with Crippen LogP contribution in [0.25, 0.3) is 17.0 Å². The quantitative estimate of drug-likeness (QED) is 0.177. The van der Waals surface area contributed by atoms with Gasteiger partial charge in [0.2, 0.25) is 5.76 Å². The van der Waals surface area contributed by atoms with Gasteiger partial charge in [0.05, 0.1) is 4.91 Å². The molecule has 5 nitrogen and oxygen atoms in total. The minimum Gasteiger partial charge on any atom is -0.449 e. The van der Waals surface area contributed by atoms with E-state index in [2.05, 4.69) is 6.58 Å². The molecule has 0 atom stereocenters. The third-order valence-electron chi connectivity index (χ3n) is 4.60. The lowest BCUT2D eigenvalue weighted by atomic mass is 10.1. The average Bonchev–Trinajstić information content (AvgIpc) is 3.21. The molecular formula is C23H17NO4S2. The van der Waals surface area contributed by atoms with E-state index in [1.165, 1.54) is 16.7 Å². The summed E-state index contributed by atoms with van der Waals surface area (Å²) in [5.41, 5.74) is 2.19. The summed E-state index contributed by atoms with van der Waals surface area (Å²) in [4.78, 5) is 27.0. The first kappa shape index (κ1) is 20.1. The molecule has 0 aliphatic carbocycles. The molecule has 0 unspecified atom stereocenters. The van der Waals surface area contributed by atoms with Crippen LogP contribution in [0.2, 0.25) is 0 Å². The fourth-order valence-electron chi connectivity index (χ4n) is 3.09. The van der Waals surface area contributed by atoms with Crippen LogP contribution in [0.5, 0.6) is 5.75 Å². The minimum atomic E-state index is -0.554. The van der Waals surface area contributed by atoms with Crippen molar-refractivity contribution >= 4 is 57.2 Å². The van der Waals surface area contributed by atoms with Gasteiger partial charge in [-0.25, -0.2) is 4.79 Å². The Morgan fingerprint density at radius 2 is 1.97 bits per heavy atom. The van der Waals surface area contributed by atoms with E-state index in [1.54, 1.807) is 36.4 Å². The van der Waals surface area contributed by atoms with Gasteiger partial charge in [-0.15, -0.1) is 6.58 Å². The fourth-order valence-corrected chi connectivity index (χ4v) is 4.37. The number of amides is 1. The first-order chi connectivity index (χ1) is 14.5. The van der Waals surface area contributed by atoms with Crippen LogP contribution in [0.4, 0.5) is 0 Å². The van der Waals surface area contributed by atoms with E-state index in [4.69, 9.17) is 21.4 Å². The number of fused-ring (bicyclic) bond motifs is 1. The monoisotopic (exact) mass is 435 g/mol. The van der Waals surface area contributed by atoms with Crippen LogP contribution < -0.4 is 4.74 Å². The Balaban J connectivity index is 1.49. The Labute approximate surface area is 183 Å². The molecule has 1 amide bonds. The van der Waals surface area contributed by atoms with E-state index in [0.717, 1.165) is 16.5 Å². The number of nitrogens with zero attached hydrogens (tertiary/aromatic N) is 1. The molecule has 1 saturated heterocycles. The molecule has 4 rings (SSSR count). The van der Waals surface area contributed by atoms with Gasteiger partial charge in [-0.05, 0) is 36.8 Å². The van der Waals surface area contributed by atoms with Gasteiger partial charge < -0.3 is 9.15 Å². The first-order valence-electron chi connectivity index (χ1n) is 9.14. The number of hydrogen-bond donors (Lipinski definition) is 0. The number of furan rings is 1. The molecule has 150 valence electrons. The van der Waals surface area contributed by atoms with Crippen LogP contribution in [0.15, 0.2) is 70.5 Å². The zero-order valence-electron chi connectivity index (χ0n) is 16.1. The maximum absolute atomic E-state index is 12.5. The summed E-state index contributed by atoms with van der Waals surface area (Å²) in [5, 5.41) is 0.883. The number of ether oxygens (including phenoxy) is 1. The first-order valence-corrected chi connectivity index (χ1v) is 10.4. The molecule has 0 spiro atoms. The average molecular weight is 436 g/mol. The van der Waals surface area contributed by atoms with Gasteiger partial charge in [0.25, 0.3) is 5.91 Å². The summed E-state index contributed by atoms with van der Waals surface area (Å²) in [7, 11) is 0. The van der Waals surface area contributed by atoms with Crippen LogP contribution in [-0.2, 0) is 4.79 Å². The normalized spacial score (nSPS) is 15.2. The van der Waals surface area contributed by atoms with Crippen molar-refractivity contribution in [2.45, 2.75) is 6.92 Å². The molecule has 7 heteroatoms. The number of thiocarbonyl (C=S) groups is 1. The molecular weight excluding hydrogens is 418 g/mol. The van der Waals surface area contributed by atoms with E-state index in [9.17, 15) is 9.59 Å². The molecule has 1 aliphatic heterocycles. The molecule has 1 aliphatic rings. The largest absolute Gasteiger partial charge is 0.449 e. The number of benzene rings is 2. The Morgan fingerprint density at radius 1 is 1.23 bits per heavy atom. The topological polar surface area (TPSA) is 59.8 Å². The fraction of sp³-hybridized carbons (Fsp3) is 0.0870. The van der Waals surface area contributed by atoms with Crippen molar-refractivity contribution in [1.82, 2.24) is 4.90 Å². The summed E-state index contributed by atoms with van der Waals surface area (Å²) in [6, 6.07) is 14.3. The van der Waals surface area contributed by atoms with Crippen LogP contribution in [-0.4, -0.2) is 27.6 Å². The Hall–Kier alpha value is -3.16. The summed E-state index contributed by atoms with van der Waals surface area (Å²) < 4.78 is 11.6.